The molecule has 9 heteroatoms. The molecule has 2 aromatic rings. The molecule has 9 nitrogen and oxygen atoms in total. The predicted molar refractivity (Wildman–Crippen MR) is 155 cm³/mol. The smallest absolute Gasteiger partial charge is 0.418 e. The Labute approximate surface area is 246 Å². The molecule has 1 heterocycles. The first-order chi connectivity index (χ1) is 19.9. The molecule has 0 N–H and O–H groups in total. The molecule has 1 saturated heterocycles. The Kier molecular flexibility index (Phi) is 10.4. The van der Waals surface area contributed by atoms with Gasteiger partial charge in [0.05, 0.1) is 6.61 Å². The van der Waals surface area contributed by atoms with Crippen molar-refractivity contribution in [3.8, 4) is 0 Å². The van der Waals surface area contributed by atoms with Crippen molar-refractivity contribution in [1.82, 2.24) is 4.90 Å². The number of hydrogen-bond acceptors (Lipinski definition) is 8. The number of carbonyl (C=O) groups excluding carboxylic acids is 5. The molecule has 3 rings (SSSR count). The third-order valence-corrected chi connectivity index (χ3v) is 6.81. The van der Waals surface area contributed by atoms with Crippen LogP contribution in [0.5, 0.6) is 0 Å². The summed E-state index contributed by atoms with van der Waals surface area (Å²) >= 11 is 0. The third kappa shape index (κ3) is 6.61. The summed E-state index contributed by atoms with van der Waals surface area (Å²) in [6.45, 7) is 7.90. The Hall–Kier alpha value is -4.27. The molecule has 42 heavy (non-hydrogen) atoms. The van der Waals surface area contributed by atoms with Crippen LogP contribution in [0.1, 0.15) is 65.0 Å². The summed E-state index contributed by atoms with van der Waals surface area (Å²) in [4.78, 5) is 71.3. The second kappa shape index (κ2) is 13.6. The first-order valence-electron chi connectivity index (χ1n) is 14.1. The molecule has 0 bridgehead atoms. The zero-order valence-electron chi connectivity index (χ0n) is 24.9. The monoisotopic (exact) mass is 577 g/mol. The lowest BCUT2D eigenvalue weighted by Crippen LogP contribution is -2.61. The number of ether oxygens (including phenoxy) is 3. The maximum absolute atomic E-state index is 14.8. The quantitative estimate of drug-likeness (QED) is 0.152. The van der Waals surface area contributed by atoms with Crippen molar-refractivity contribution in [2.75, 3.05) is 6.61 Å². The van der Waals surface area contributed by atoms with E-state index >= 15 is 0 Å². The Morgan fingerprint density at radius 3 is 1.98 bits per heavy atom. The van der Waals surface area contributed by atoms with E-state index in [2.05, 4.69) is 0 Å². The first kappa shape index (κ1) is 32.2. The van der Waals surface area contributed by atoms with Crippen molar-refractivity contribution in [2.45, 2.75) is 78.0 Å². The van der Waals surface area contributed by atoms with Gasteiger partial charge in [0.2, 0.25) is 11.0 Å². The highest BCUT2D eigenvalue weighted by molar-refractivity contribution is 6.37. The zero-order valence-corrected chi connectivity index (χ0v) is 24.9. The third-order valence-electron chi connectivity index (χ3n) is 6.81. The van der Waals surface area contributed by atoms with Crippen LogP contribution in [0.2, 0.25) is 0 Å². The normalized spacial score (nSPS) is 20.5. The van der Waals surface area contributed by atoms with Gasteiger partial charge in [-0.1, -0.05) is 86.2 Å². The van der Waals surface area contributed by atoms with Gasteiger partial charge < -0.3 is 14.2 Å². The Balaban J connectivity index is 2.26. The molecule has 0 spiro atoms. The predicted octanol–water partition coefficient (Wildman–Crippen LogP) is 5.35. The van der Waals surface area contributed by atoms with E-state index in [1.807, 2.05) is 6.92 Å². The number of unbranched alkanes of at least 4 members (excludes halogenated alkanes) is 1. The van der Waals surface area contributed by atoms with Crippen LogP contribution < -0.4 is 0 Å². The SMILES string of the molecule is CCC/C=C/CC1(C(=O)OCc2ccccc2)C(=O)N(C(=O)OC(C)(C)C)C(Cc2ccccc2)(C(=O)OCC)C1=O. The van der Waals surface area contributed by atoms with Crippen molar-refractivity contribution in [3.63, 3.8) is 0 Å². The number of likely N-dealkylation sites (tertiary alicyclic amines) is 1. The Morgan fingerprint density at radius 2 is 1.43 bits per heavy atom. The van der Waals surface area contributed by atoms with Crippen molar-refractivity contribution in [1.29, 1.82) is 0 Å². The molecule has 224 valence electrons. The number of ketones is 1. The topological polar surface area (TPSA) is 116 Å². The minimum atomic E-state index is -2.53. The number of nitrogens with zero attached hydrogens (tertiary/aromatic N) is 1. The molecule has 2 amide bonds. The highest BCUT2D eigenvalue weighted by Gasteiger charge is 2.76. The molecule has 1 aliphatic heterocycles. The van der Waals surface area contributed by atoms with Gasteiger partial charge in [0.1, 0.15) is 12.2 Å². The van der Waals surface area contributed by atoms with Gasteiger partial charge in [-0.15, -0.1) is 0 Å². The van der Waals surface area contributed by atoms with Crippen LogP contribution in [-0.4, -0.2) is 52.4 Å². The zero-order chi connectivity index (χ0) is 31.0. The summed E-state index contributed by atoms with van der Waals surface area (Å²) in [6, 6.07) is 17.2. The van der Waals surface area contributed by atoms with Crippen LogP contribution in [0, 0.1) is 5.41 Å². The van der Waals surface area contributed by atoms with Gasteiger partial charge in [-0.2, -0.15) is 0 Å². The van der Waals surface area contributed by atoms with Crippen molar-refractivity contribution < 1.29 is 38.2 Å². The van der Waals surface area contributed by atoms with Crippen LogP contribution in [0.15, 0.2) is 72.8 Å². The van der Waals surface area contributed by atoms with E-state index in [1.165, 1.54) is 0 Å². The number of carbonyl (C=O) groups is 5. The second-order valence-electron chi connectivity index (χ2n) is 11.1. The fraction of sp³-hybridized carbons (Fsp3) is 0.424. The van der Waals surface area contributed by atoms with E-state index in [1.54, 1.807) is 101 Å². The lowest BCUT2D eigenvalue weighted by atomic mass is 9.74. The van der Waals surface area contributed by atoms with E-state index in [0.29, 0.717) is 22.4 Å². The van der Waals surface area contributed by atoms with E-state index in [4.69, 9.17) is 14.2 Å². The van der Waals surface area contributed by atoms with E-state index in [-0.39, 0.29) is 13.2 Å². The average molecular weight is 578 g/mol. The molecule has 2 unspecified atom stereocenters. The van der Waals surface area contributed by atoms with Gasteiger partial charge in [0.15, 0.2) is 5.78 Å². The summed E-state index contributed by atoms with van der Waals surface area (Å²) < 4.78 is 16.5. The van der Waals surface area contributed by atoms with Crippen LogP contribution in [0.4, 0.5) is 4.79 Å². The van der Waals surface area contributed by atoms with Crippen molar-refractivity contribution in [2.24, 2.45) is 5.41 Å². The Bertz CT molecular complexity index is 1310. The molecular formula is C33H39NO8. The molecule has 1 aliphatic rings. The van der Waals surface area contributed by atoms with Gasteiger partial charge in [0.25, 0.3) is 5.91 Å². The summed E-state index contributed by atoms with van der Waals surface area (Å²) in [7, 11) is 0. The highest BCUT2D eigenvalue weighted by atomic mass is 16.6. The number of Topliss-reactive ketones (excluding diaryl/α,β-unsaturated/α-hetero) is 1. The number of rotatable bonds is 11. The van der Waals surface area contributed by atoms with Crippen LogP contribution in [0.3, 0.4) is 0 Å². The lowest BCUT2D eigenvalue weighted by Gasteiger charge is -2.34. The number of amides is 2. The maximum Gasteiger partial charge on any atom is 0.418 e. The van der Waals surface area contributed by atoms with Gasteiger partial charge >= 0.3 is 18.0 Å². The van der Waals surface area contributed by atoms with Crippen molar-refractivity contribution >= 4 is 29.7 Å². The van der Waals surface area contributed by atoms with Crippen LogP contribution >= 0.6 is 0 Å². The molecule has 1 fully saturated rings. The average Bonchev–Trinajstić information content (AvgIpc) is 3.14. The number of esters is 2. The fourth-order valence-electron chi connectivity index (χ4n) is 4.85. The van der Waals surface area contributed by atoms with Crippen LogP contribution in [-0.2, 0) is 46.4 Å². The number of imide groups is 1. The molecular weight excluding hydrogens is 538 g/mol. The fourth-order valence-corrected chi connectivity index (χ4v) is 4.85. The molecule has 2 atom stereocenters. The minimum Gasteiger partial charge on any atom is -0.464 e. The number of allylic oxidation sites excluding steroid dienone is 2. The van der Waals surface area contributed by atoms with Gasteiger partial charge in [-0.25, -0.2) is 14.5 Å². The number of benzene rings is 2. The van der Waals surface area contributed by atoms with Gasteiger partial charge in [-0.05, 0) is 51.7 Å². The van der Waals surface area contributed by atoms with E-state index in [0.717, 1.165) is 6.42 Å². The largest absolute Gasteiger partial charge is 0.464 e. The van der Waals surface area contributed by atoms with Crippen molar-refractivity contribution in [3.05, 3.63) is 83.9 Å². The number of hydrogen-bond donors (Lipinski definition) is 0. The summed E-state index contributed by atoms with van der Waals surface area (Å²) in [5, 5.41) is 0. The van der Waals surface area contributed by atoms with Gasteiger partial charge in [0, 0.05) is 6.42 Å². The molecule has 0 aromatic heterocycles. The molecule has 0 radical (unpaired) electrons. The second-order valence-corrected chi connectivity index (χ2v) is 11.1. The van der Waals surface area contributed by atoms with Gasteiger partial charge in [-0.3, -0.25) is 14.4 Å². The highest BCUT2D eigenvalue weighted by Crippen LogP contribution is 2.46. The summed E-state index contributed by atoms with van der Waals surface area (Å²) in [5.74, 6) is -4.57. The standard InChI is InChI=1S/C33H39NO8/c1-6-8-9-16-21-32(28(37)41-23-25-19-14-11-15-20-25)26(35)33(29(38)40-7-2,22-24-17-12-10-13-18-24)34(27(32)36)30(39)42-31(3,4)5/h9-20H,6-8,21-23H2,1-5H3/b16-9+. The first-order valence-corrected chi connectivity index (χ1v) is 14.1. The molecule has 0 saturated carbocycles. The minimum absolute atomic E-state index is 0.138. The molecule has 0 aliphatic carbocycles. The van der Waals surface area contributed by atoms with E-state index < -0.39 is 59.1 Å². The van der Waals surface area contributed by atoms with E-state index in [9.17, 15) is 24.0 Å². The maximum atomic E-state index is 14.8. The summed E-state index contributed by atoms with van der Waals surface area (Å²) in [5.41, 5.74) is -5.03. The van der Waals surface area contributed by atoms with Crippen LogP contribution in [0.25, 0.3) is 0 Å². The molecule has 2 aromatic carbocycles. The Morgan fingerprint density at radius 1 is 0.833 bits per heavy atom. The lowest BCUT2D eigenvalue weighted by molar-refractivity contribution is -0.164. The summed E-state index contributed by atoms with van der Waals surface area (Å²) in [6.07, 6.45) is 2.64.